The van der Waals surface area contributed by atoms with E-state index in [0.717, 1.165) is 6.07 Å². The normalized spacial score (nSPS) is 13.2. The van der Waals surface area contributed by atoms with Crippen LogP contribution in [0, 0.1) is 6.92 Å². The molecule has 0 aromatic heterocycles. The van der Waals surface area contributed by atoms with Crippen LogP contribution in [0.4, 0.5) is 0 Å². The number of aliphatic hydroxyl groups excluding tert-OH is 1. The molecule has 0 saturated heterocycles. The van der Waals surface area contributed by atoms with Crippen LogP contribution in [0.3, 0.4) is 0 Å². The predicted octanol–water partition coefficient (Wildman–Crippen LogP) is 0.742. The first-order chi connectivity index (χ1) is 8.81. The number of rotatable bonds is 6. The Morgan fingerprint density at radius 3 is 2.53 bits per heavy atom. The molecule has 1 rings (SSSR count). The van der Waals surface area contributed by atoms with Crippen LogP contribution in [0.2, 0.25) is 0 Å². The van der Waals surface area contributed by atoms with Gasteiger partial charge in [0.25, 0.3) is 0 Å². The highest BCUT2D eigenvalue weighted by molar-refractivity contribution is 7.89. The molecule has 0 unspecified atom stereocenters. The number of carboxylic acid groups (broad SMARTS) is 1. The Hall–Kier alpha value is -1.44. The number of carboxylic acids is 1. The van der Waals surface area contributed by atoms with Crippen molar-refractivity contribution in [2.24, 2.45) is 0 Å². The number of nitrogens with one attached hydrogen (secondary N) is 1. The van der Waals surface area contributed by atoms with E-state index < -0.39 is 22.0 Å². The summed E-state index contributed by atoms with van der Waals surface area (Å²) in [7, 11) is -3.84. The molecule has 0 aliphatic heterocycles. The lowest BCUT2D eigenvalue weighted by molar-refractivity contribution is 0.0696. The predicted molar refractivity (Wildman–Crippen MR) is 69.6 cm³/mol. The fourth-order valence-electron chi connectivity index (χ4n) is 1.56. The van der Waals surface area contributed by atoms with Gasteiger partial charge in [0, 0.05) is 6.04 Å². The Morgan fingerprint density at radius 2 is 2.05 bits per heavy atom. The first-order valence-electron chi connectivity index (χ1n) is 5.79. The Morgan fingerprint density at radius 1 is 1.42 bits per heavy atom. The van der Waals surface area contributed by atoms with E-state index in [0.29, 0.717) is 12.0 Å². The van der Waals surface area contributed by atoms with Crippen LogP contribution < -0.4 is 4.72 Å². The van der Waals surface area contributed by atoms with Gasteiger partial charge in [-0.15, -0.1) is 0 Å². The highest BCUT2D eigenvalue weighted by Gasteiger charge is 2.21. The molecular weight excluding hydrogens is 270 g/mol. The van der Waals surface area contributed by atoms with E-state index in [1.54, 1.807) is 13.8 Å². The molecule has 0 spiro atoms. The molecule has 0 aliphatic rings. The molecule has 3 N–H and O–H groups in total. The molecule has 6 nitrogen and oxygen atoms in total. The smallest absolute Gasteiger partial charge is 0.335 e. The minimum absolute atomic E-state index is 0.0840. The summed E-state index contributed by atoms with van der Waals surface area (Å²) in [5, 5.41) is 17.9. The van der Waals surface area contributed by atoms with Crippen LogP contribution in [0.15, 0.2) is 23.1 Å². The van der Waals surface area contributed by atoms with Crippen LogP contribution in [0.5, 0.6) is 0 Å². The maximum absolute atomic E-state index is 12.1. The maximum Gasteiger partial charge on any atom is 0.335 e. The van der Waals surface area contributed by atoms with Crippen LogP contribution in [-0.4, -0.2) is 37.2 Å². The highest BCUT2D eigenvalue weighted by Crippen LogP contribution is 2.17. The standard InChI is InChI=1S/C12H17NO5S/c1-3-10(7-14)13-19(17,18)11-6-9(12(15)16)5-4-8(11)2/h4-6,10,13-14H,3,7H2,1-2H3,(H,15,16)/t10-/m1/s1. The summed E-state index contributed by atoms with van der Waals surface area (Å²) in [6, 6.07) is 3.32. The van der Waals surface area contributed by atoms with Gasteiger partial charge in [0.05, 0.1) is 17.1 Å². The average molecular weight is 287 g/mol. The lowest BCUT2D eigenvalue weighted by Crippen LogP contribution is -2.37. The first-order valence-corrected chi connectivity index (χ1v) is 7.27. The number of hydrogen-bond acceptors (Lipinski definition) is 4. The van der Waals surface area contributed by atoms with Crippen molar-refractivity contribution in [3.05, 3.63) is 29.3 Å². The van der Waals surface area contributed by atoms with Gasteiger partial charge in [-0.3, -0.25) is 0 Å². The van der Waals surface area contributed by atoms with Crippen molar-refractivity contribution in [1.82, 2.24) is 4.72 Å². The number of hydrogen-bond donors (Lipinski definition) is 3. The summed E-state index contributed by atoms with van der Waals surface area (Å²) in [6.07, 6.45) is 0.438. The number of carbonyl (C=O) groups is 1. The molecule has 0 aliphatic carbocycles. The Labute approximate surface area is 112 Å². The molecule has 106 valence electrons. The maximum atomic E-state index is 12.1. The molecule has 0 amide bonds. The van der Waals surface area contributed by atoms with E-state index >= 15 is 0 Å². The van der Waals surface area contributed by atoms with E-state index in [4.69, 9.17) is 10.2 Å². The van der Waals surface area contributed by atoms with Crippen molar-refractivity contribution in [1.29, 1.82) is 0 Å². The van der Waals surface area contributed by atoms with Crippen LogP contribution in [0.1, 0.15) is 29.3 Å². The van der Waals surface area contributed by atoms with Crippen LogP contribution in [-0.2, 0) is 10.0 Å². The van der Waals surface area contributed by atoms with E-state index in [1.165, 1.54) is 12.1 Å². The zero-order chi connectivity index (χ0) is 14.6. The zero-order valence-electron chi connectivity index (χ0n) is 10.8. The summed E-state index contributed by atoms with van der Waals surface area (Å²) in [4.78, 5) is 10.8. The van der Waals surface area contributed by atoms with Gasteiger partial charge in [-0.2, -0.15) is 0 Å². The van der Waals surface area contributed by atoms with Gasteiger partial charge in [-0.25, -0.2) is 17.9 Å². The third-order valence-electron chi connectivity index (χ3n) is 2.76. The average Bonchev–Trinajstić information content (AvgIpc) is 2.35. The van der Waals surface area contributed by atoms with Crippen LogP contribution in [0.25, 0.3) is 0 Å². The molecule has 0 bridgehead atoms. The summed E-state index contributed by atoms with van der Waals surface area (Å²) in [5.41, 5.74) is 0.355. The van der Waals surface area contributed by atoms with Crippen molar-refractivity contribution in [2.75, 3.05) is 6.61 Å². The summed E-state index contributed by atoms with van der Waals surface area (Å²) >= 11 is 0. The third kappa shape index (κ3) is 3.76. The van der Waals surface area contributed by atoms with Gasteiger partial charge in [0.2, 0.25) is 10.0 Å². The second-order valence-corrected chi connectivity index (χ2v) is 5.88. The quantitative estimate of drug-likeness (QED) is 0.716. The van der Waals surface area contributed by atoms with Crippen LogP contribution >= 0.6 is 0 Å². The molecular formula is C12H17NO5S. The molecule has 0 saturated carbocycles. The second-order valence-electron chi connectivity index (χ2n) is 4.19. The molecule has 1 aromatic carbocycles. The SMILES string of the molecule is CC[C@H](CO)NS(=O)(=O)c1cc(C(=O)O)ccc1C. The summed E-state index contributed by atoms with van der Waals surface area (Å²) < 4.78 is 26.6. The molecule has 0 heterocycles. The van der Waals surface area contributed by atoms with Crippen molar-refractivity contribution in [2.45, 2.75) is 31.2 Å². The second kappa shape index (κ2) is 6.14. The number of sulfonamides is 1. The Kier molecular flexibility index (Phi) is 5.04. The van der Waals surface area contributed by atoms with E-state index in [2.05, 4.69) is 4.72 Å². The van der Waals surface area contributed by atoms with E-state index in [-0.39, 0.29) is 17.1 Å². The molecule has 0 radical (unpaired) electrons. The Bertz CT molecular complexity index is 563. The number of benzene rings is 1. The molecule has 19 heavy (non-hydrogen) atoms. The molecule has 0 fully saturated rings. The van der Waals surface area contributed by atoms with Crippen molar-refractivity contribution in [3.63, 3.8) is 0 Å². The monoisotopic (exact) mass is 287 g/mol. The molecule has 1 atom stereocenters. The summed E-state index contributed by atoms with van der Waals surface area (Å²) in [5.74, 6) is -1.19. The van der Waals surface area contributed by atoms with Gasteiger partial charge in [0.15, 0.2) is 0 Å². The lowest BCUT2D eigenvalue weighted by atomic mass is 10.1. The fourth-order valence-corrected chi connectivity index (χ4v) is 3.14. The minimum atomic E-state index is -3.84. The van der Waals surface area contributed by atoms with Crippen molar-refractivity contribution in [3.8, 4) is 0 Å². The number of aliphatic hydroxyl groups is 1. The minimum Gasteiger partial charge on any atom is -0.478 e. The van der Waals surface area contributed by atoms with E-state index in [1.807, 2.05) is 0 Å². The first kappa shape index (κ1) is 15.6. The van der Waals surface area contributed by atoms with Gasteiger partial charge in [-0.05, 0) is 31.0 Å². The number of aryl methyl sites for hydroxylation is 1. The van der Waals surface area contributed by atoms with Gasteiger partial charge >= 0.3 is 5.97 Å². The van der Waals surface area contributed by atoms with E-state index in [9.17, 15) is 13.2 Å². The van der Waals surface area contributed by atoms with Gasteiger partial charge in [-0.1, -0.05) is 13.0 Å². The molecule has 7 heteroatoms. The van der Waals surface area contributed by atoms with Gasteiger partial charge in [0.1, 0.15) is 0 Å². The van der Waals surface area contributed by atoms with Crippen molar-refractivity contribution < 1.29 is 23.4 Å². The number of aromatic carboxylic acids is 1. The van der Waals surface area contributed by atoms with Crippen molar-refractivity contribution >= 4 is 16.0 Å². The van der Waals surface area contributed by atoms with Gasteiger partial charge < -0.3 is 10.2 Å². The Balaban J connectivity index is 3.20. The highest BCUT2D eigenvalue weighted by atomic mass is 32.2. The summed E-state index contributed by atoms with van der Waals surface area (Å²) in [6.45, 7) is 3.01. The fraction of sp³-hybridized carbons (Fsp3) is 0.417. The third-order valence-corrected chi connectivity index (χ3v) is 4.42. The lowest BCUT2D eigenvalue weighted by Gasteiger charge is -2.16. The zero-order valence-corrected chi connectivity index (χ0v) is 11.6. The molecule has 1 aromatic rings. The largest absolute Gasteiger partial charge is 0.478 e. The topological polar surface area (TPSA) is 104 Å².